The number of rotatable bonds is 4. The maximum atomic E-state index is 13.6. The molecule has 0 saturated carbocycles. The van der Waals surface area contributed by atoms with E-state index >= 15 is 0 Å². The number of carbonyl (C=O) groups is 1. The van der Waals surface area contributed by atoms with Crippen molar-refractivity contribution in [2.45, 2.75) is 19.4 Å². The molecular formula is C14H19FN2O2. The number of hydrogen-bond donors (Lipinski definition) is 1. The number of likely N-dealkylation sites (tertiary alicyclic amines) is 1. The van der Waals surface area contributed by atoms with Gasteiger partial charge in [-0.15, -0.1) is 0 Å². The van der Waals surface area contributed by atoms with E-state index < -0.39 is 5.82 Å². The van der Waals surface area contributed by atoms with E-state index in [1.807, 2.05) is 4.90 Å². The third-order valence-electron chi connectivity index (χ3n) is 3.49. The number of halogens is 1. The summed E-state index contributed by atoms with van der Waals surface area (Å²) in [4.78, 5) is 15.6. The van der Waals surface area contributed by atoms with Gasteiger partial charge in [0.25, 0.3) is 0 Å². The zero-order valence-electron chi connectivity index (χ0n) is 11.1. The second kappa shape index (κ2) is 6.02. The summed E-state index contributed by atoms with van der Waals surface area (Å²) in [6.07, 6.45) is 2.11. The van der Waals surface area contributed by atoms with Crippen LogP contribution in [0.4, 0.5) is 10.1 Å². The van der Waals surface area contributed by atoms with Crippen LogP contribution >= 0.6 is 0 Å². The van der Waals surface area contributed by atoms with E-state index in [1.54, 1.807) is 24.1 Å². The van der Waals surface area contributed by atoms with Gasteiger partial charge in [0.2, 0.25) is 5.91 Å². The van der Waals surface area contributed by atoms with Crippen molar-refractivity contribution in [3.63, 3.8) is 0 Å². The average molecular weight is 266 g/mol. The normalized spacial score (nSPS) is 14.8. The maximum absolute atomic E-state index is 13.6. The minimum Gasteiger partial charge on any atom is -0.391 e. The van der Waals surface area contributed by atoms with Crippen molar-refractivity contribution in [1.82, 2.24) is 4.90 Å². The fourth-order valence-corrected chi connectivity index (χ4v) is 2.42. The van der Waals surface area contributed by atoms with E-state index in [0.29, 0.717) is 5.69 Å². The molecule has 0 radical (unpaired) electrons. The van der Waals surface area contributed by atoms with Gasteiger partial charge < -0.3 is 14.9 Å². The predicted molar refractivity (Wildman–Crippen MR) is 71.4 cm³/mol. The van der Waals surface area contributed by atoms with E-state index in [-0.39, 0.29) is 24.6 Å². The molecule has 1 aliphatic heterocycles. The van der Waals surface area contributed by atoms with Crippen molar-refractivity contribution in [2.75, 3.05) is 31.6 Å². The lowest BCUT2D eigenvalue weighted by Gasteiger charge is -2.24. The van der Waals surface area contributed by atoms with Crippen molar-refractivity contribution in [3.05, 3.63) is 29.6 Å². The van der Waals surface area contributed by atoms with Gasteiger partial charge in [0, 0.05) is 31.4 Å². The first-order valence-electron chi connectivity index (χ1n) is 6.50. The molecule has 1 aliphatic rings. The molecule has 1 fully saturated rings. The fraction of sp³-hybridized carbons (Fsp3) is 0.500. The molecule has 1 N–H and O–H groups in total. The molecule has 0 spiro atoms. The van der Waals surface area contributed by atoms with Crippen molar-refractivity contribution in [1.29, 1.82) is 0 Å². The molecule has 1 amide bonds. The topological polar surface area (TPSA) is 43.8 Å². The molecule has 0 atom stereocenters. The number of aliphatic hydroxyl groups excluding tert-OH is 1. The molecule has 19 heavy (non-hydrogen) atoms. The summed E-state index contributed by atoms with van der Waals surface area (Å²) in [5.41, 5.74) is 0.800. The van der Waals surface area contributed by atoms with Gasteiger partial charge in [0.1, 0.15) is 5.82 Å². The van der Waals surface area contributed by atoms with E-state index in [1.165, 1.54) is 6.07 Å². The van der Waals surface area contributed by atoms with Crippen LogP contribution in [0.1, 0.15) is 18.4 Å². The number of amides is 1. The van der Waals surface area contributed by atoms with Gasteiger partial charge in [-0.1, -0.05) is 6.07 Å². The standard InChI is InChI=1S/C14H19FN2O2/c1-16(9-14(19)17-7-2-3-8-17)13-6-4-5-12(15)11(13)10-18/h4-6,18H,2-3,7-10H2,1H3. The monoisotopic (exact) mass is 266 g/mol. The van der Waals surface area contributed by atoms with Crippen LogP contribution in [0.25, 0.3) is 0 Å². The smallest absolute Gasteiger partial charge is 0.242 e. The molecule has 1 saturated heterocycles. The summed E-state index contributed by atoms with van der Waals surface area (Å²) < 4.78 is 13.6. The maximum Gasteiger partial charge on any atom is 0.242 e. The zero-order valence-corrected chi connectivity index (χ0v) is 11.1. The molecule has 0 bridgehead atoms. The highest BCUT2D eigenvalue weighted by atomic mass is 19.1. The first-order chi connectivity index (χ1) is 9.13. The number of benzene rings is 1. The van der Waals surface area contributed by atoms with Gasteiger partial charge in [0.05, 0.1) is 13.2 Å². The number of carbonyl (C=O) groups excluding carboxylic acids is 1. The molecule has 104 valence electrons. The Bertz CT molecular complexity index is 459. The van der Waals surface area contributed by atoms with E-state index in [2.05, 4.69) is 0 Å². The zero-order chi connectivity index (χ0) is 13.8. The molecule has 1 heterocycles. The minimum absolute atomic E-state index is 0.0492. The Morgan fingerprint density at radius 3 is 2.74 bits per heavy atom. The third kappa shape index (κ3) is 3.04. The third-order valence-corrected chi connectivity index (χ3v) is 3.49. The largest absolute Gasteiger partial charge is 0.391 e. The minimum atomic E-state index is -0.444. The number of aliphatic hydroxyl groups is 1. The summed E-state index contributed by atoms with van der Waals surface area (Å²) in [6, 6.07) is 4.61. The Labute approximate surface area is 112 Å². The van der Waals surface area contributed by atoms with E-state index in [9.17, 15) is 14.3 Å². The van der Waals surface area contributed by atoms with E-state index in [4.69, 9.17) is 0 Å². The highest BCUT2D eigenvalue weighted by molar-refractivity contribution is 5.81. The van der Waals surface area contributed by atoms with Crippen LogP contribution < -0.4 is 4.90 Å². The van der Waals surface area contributed by atoms with Gasteiger partial charge >= 0.3 is 0 Å². The van der Waals surface area contributed by atoms with Gasteiger partial charge in [-0.3, -0.25) is 4.79 Å². The second-order valence-electron chi connectivity index (χ2n) is 4.84. The molecule has 0 aromatic heterocycles. The Morgan fingerprint density at radius 2 is 2.11 bits per heavy atom. The number of nitrogens with zero attached hydrogens (tertiary/aromatic N) is 2. The predicted octanol–water partition coefficient (Wildman–Crippen LogP) is 1.38. The summed E-state index contributed by atoms with van der Waals surface area (Å²) in [5, 5.41) is 9.23. The molecule has 2 rings (SSSR count). The van der Waals surface area contributed by atoms with E-state index in [0.717, 1.165) is 25.9 Å². The number of likely N-dealkylation sites (N-methyl/N-ethyl adjacent to an activating group) is 1. The summed E-state index contributed by atoms with van der Waals surface area (Å²) in [5.74, 6) is -0.395. The van der Waals surface area contributed by atoms with Crippen LogP contribution in [0.3, 0.4) is 0 Å². The summed E-state index contributed by atoms with van der Waals surface area (Å²) in [6.45, 7) is 1.45. The lowest BCUT2D eigenvalue weighted by Crippen LogP contribution is -2.37. The van der Waals surface area contributed by atoms with Crippen LogP contribution in [0.2, 0.25) is 0 Å². The number of hydrogen-bond acceptors (Lipinski definition) is 3. The molecular weight excluding hydrogens is 247 g/mol. The second-order valence-corrected chi connectivity index (χ2v) is 4.84. The van der Waals surface area contributed by atoms with Crippen LogP contribution in [-0.2, 0) is 11.4 Å². The van der Waals surface area contributed by atoms with Crippen LogP contribution in [0.5, 0.6) is 0 Å². The van der Waals surface area contributed by atoms with Gasteiger partial charge in [0.15, 0.2) is 0 Å². The summed E-state index contributed by atoms with van der Waals surface area (Å²) in [7, 11) is 1.74. The van der Waals surface area contributed by atoms with Gasteiger partial charge in [-0.25, -0.2) is 4.39 Å². The molecule has 5 heteroatoms. The van der Waals surface area contributed by atoms with Gasteiger partial charge in [-0.2, -0.15) is 0 Å². The number of anilines is 1. The fourth-order valence-electron chi connectivity index (χ4n) is 2.42. The Balaban J connectivity index is 2.09. The first kappa shape index (κ1) is 13.8. The lowest BCUT2D eigenvalue weighted by molar-refractivity contribution is -0.128. The molecule has 4 nitrogen and oxygen atoms in total. The highest BCUT2D eigenvalue weighted by Crippen LogP contribution is 2.22. The molecule has 0 aliphatic carbocycles. The van der Waals surface area contributed by atoms with Gasteiger partial charge in [-0.05, 0) is 25.0 Å². The van der Waals surface area contributed by atoms with Crippen molar-refractivity contribution < 1.29 is 14.3 Å². The SMILES string of the molecule is CN(CC(=O)N1CCCC1)c1cccc(F)c1CO. The Morgan fingerprint density at radius 1 is 1.42 bits per heavy atom. The summed E-state index contributed by atoms with van der Waals surface area (Å²) >= 11 is 0. The highest BCUT2D eigenvalue weighted by Gasteiger charge is 2.20. The van der Waals surface area contributed by atoms with Crippen molar-refractivity contribution in [3.8, 4) is 0 Å². The van der Waals surface area contributed by atoms with Crippen molar-refractivity contribution in [2.24, 2.45) is 0 Å². The van der Waals surface area contributed by atoms with Crippen LogP contribution in [-0.4, -0.2) is 42.6 Å². The Hall–Kier alpha value is -1.62. The van der Waals surface area contributed by atoms with Crippen LogP contribution in [0, 0.1) is 5.82 Å². The molecule has 0 unspecified atom stereocenters. The quantitative estimate of drug-likeness (QED) is 0.895. The Kier molecular flexibility index (Phi) is 4.37. The van der Waals surface area contributed by atoms with Crippen molar-refractivity contribution >= 4 is 11.6 Å². The molecule has 1 aromatic carbocycles. The first-order valence-corrected chi connectivity index (χ1v) is 6.50. The average Bonchev–Trinajstić information content (AvgIpc) is 2.92. The molecule has 1 aromatic rings. The van der Waals surface area contributed by atoms with Crippen LogP contribution in [0.15, 0.2) is 18.2 Å². The lowest BCUT2D eigenvalue weighted by atomic mass is 10.1.